The molecular weight excluding hydrogens is 426 g/mol. The molecule has 6 nitrogen and oxygen atoms in total. The van der Waals surface area contributed by atoms with E-state index >= 15 is 0 Å². The number of aryl methyl sites for hydroxylation is 3. The summed E-state index contributed by atoms with van der Waals surface area (Å²) < 4.78 is 34.1. The van der Waals surface area contributed by atoms with E-state index in [0.717, 1.165) is 56.1 Å². The number of furan rings is 1. The summed E-state index contributed by atoms with van der Waals surface area (Å²) in [5, 5.41) is 10.5. The van der Waals surface area contributed by atoms with Crippen LogP contribution in [0.1, 0.15) is 55.4 Å². The number of hydrogen-bond acceptors (Lipinski definition) is 4. The number of rotatable bonds is 10. The number of nitrogens with one attached hydrogen (secondary N) is 1. The molecule has 0 saturated heterocycles. The molecule has 1 atom stereocenters. The number of sulfonamides is 1. The van der Waals surface area contributed by atoms with Crippen molar-refractivity contribution in [2.24, 2.45) is 0 Å². The Labute approximate surface area is 188 Å². The van der Waals surface area contributed by atoms with E-state index in [0.29, 0.717) is 12.0 Å². The lowest BCUT2D eigenvalue weighted by molar-refractivity contribution is -0.139. The number of fused-ring (bicyclic) bond motifs is 3. The lowest BCUT2D eigenvalue weighted by Gasteiger charge is -2.15. The number of aliphatic carboxylic acids is 1. The Morgan fingerprint density at radius 3 is 2.59 bits per heavy atom. The highest BCUT2D eigenvalue weighted by Gasteiger charge is 2.26. The largest absolute Gasteiger partial charge is 0.480 e. The van der Waals surface area contributed by atoms with Gasteiger partial charge in [-0.3, -0.25) is 4.79 Å². The molecule has 1 heterocycles. The molecule has 3 aromatic rings. The van der Waals surface area contributed by atoms with Gasteiger partial charge in [-0.25, -0.2) is 8.42 Å². The van der Waals surface area contributed by atoms with Gasteiger partial charge in [0, 0.05) is 23.4 Å². The molecular formula is C25H29NO5S. The Bertz CT molecular complexity index is 1180. The van der Waals surface area contributed by atoms with Crippen molar-refractivity contribution < 1.29 is 22.7 Å². The van der Waals surface area contributed by atoms with Crippen LogP contribution in [0.4, 0.5) is 0 Å². The fourth-order valence-electron chi connectivity index (χ4n) is 4.40. The first-order valence-electron chi connectivity index (χ1n) is 11.3. The fourth-order valence-corrected chi connectivity index (χ4v) is 5.64. The Kier molecular flexibility index (Phi) is 6.96. The zero-order valence-corrected chi connectivity index (χ0v) is 18.9. The Balaban J connectivity index is 1.38. The molecule has 32 heavy (non-hydrogen) atoms. The van der Waals surface area contributed by atoms with Gasteiger partial charge in [-0.05, 0) is 56.2 Å². The number of carboxylic acid groups (broad SMARTS) is 1. The van der Waals surface area contributed by atoms with Crippen molar-refractivity contribution in [1.29, 1.82) is 0 Å². The molecule has 0 spiro atoms. The highest BCUT2D eigenvalue weighted by atomic mass is 32.2. The van der Waals surface area contributed by atoms with E-state index in [-0.39, 0.29) is 11.3 Å². The molecule has 170 valence electrons. The topological polar surface area (TPSA) is 96.6 Å². The van der Waals surface area contributed by atoms with Gasteiger partial charge in [0.15, 0.2) is 0 Å². The number of unbranched alkanes of at least 4 members (excludes halogenated alkanes) is 2. The first-order chi connectivity index (χ1) is 15.4. The third kappa shape index (κ3) is 5.22. The normalized spacial score (nSPS) is 14.9. The molecule has 0 fully saturated rings. The van der Waals surface area contributed by atoms with Crippen molar-refractivity contribution in [2.45, 2.75) is 68.7 Å². The summed E-state index contributed by atoms with van der Waals surface area (Å²) in [7, 11) is -3.97. The van der Waals surface area contributed by atoms with Crippen molar-refractivity contribution in [2.75, 3.05) is 0 Å². The van der Waals surface area contributed by atoms with Gasteiger partial charge in [0.2, 0.25) is 10.0 Å². The van der Waals surface area contributed by atoms with Crippen molar-refractivity contribution in [3.63, 3.8) is 0 Å². The number of carbonyl (C=O) groups is 1. The van der Waals surface area contributed by atoms with Gasteiger partial charge < -0.3 is 9.52 Å². The maximum absolute atomic E-state index is 12.9. The molecule has 2 N–H and O–H groups in total. The van der Waals surface area contributed by atoms with E-state index in [1.807, 2.05) is 18.2 Å². The highest BCUT2D eigenvalue weighted by Crippen LogP contribution is 2.33. The standard InChI is InChI=1S/C25H29NO5S/c27-25(28)22(13-6-2-5-11-18-9-3-1-4-10-18)26-32(29,30)19-15-16-21-20-12-7-8-14-23(20)31-24(21)17-19/h1,3-4,9-10,15-17,22,26H,2,5-8,11-14H2,(H,27,28)/t22-/m1/s1. The summed E-state index contributed by atoms with van der Waals surface area (Å²) in [4.78, 5) is 11.7. The maximum atomic E-state index is 12.9. The summed E-state index contributed by atoms with van der Waals surface area (Å²) in [5.74, 6) is -0.223. The minimum absolute atomic E-state index is 0.0337. The number of hydrogen-bond donors (Lipinski definition) is 2. The molecule has 0 bridgehead atoms. The summed E-state index contributed by atoms with van der Waals surface area (Å²) in [6.45, 7) is 0. The molecule has 1 aliphatic carbocycles. The van der Waals surface area contributed by atoms with Crippen LogP contribution in [0.3, 0.4) is 0 Å². The van der Waals surface area contributed by atoms with Crippen molar-refractivity contribution in [3.05, 3.63) is 65.4 Å². The molecule has 7 heteroatoms. The first kappa shape index (κ1) is 22.6. The SMILES string of the molecule is O=C(O)[C@@H](CCCCCc1ccccc1)NS(=O)(=O)c1ccc2c3c(oc2c1)CCCC3. The molecule has 4 rings (SSSR count). The Hall–Kier alpha value is -2.64. The van der Waals surface area contributed by atoms with Crippen molar-refractivity contribution in [3.8, 4) is 0 Å². The van der Waals surface area contributed by atoms with Gasteiger partial charge in [-0.15, -0.1) is 0 Å². The van der Waals surface area contributed by atoms with Gasteiger partial charge in [0.1, 0.15) is 17.4 Å². The van der Waals surface area contributed by atoms with Crippen molar-refractivity contribution >= 4 is 27.0 Å². The van der Waals surface area contributed by atoms with Crippen LogP contribution in [-0.2, 0) is 34.1 Å². The zero-order valence-electron chi connectivity index (χ0n) is 18.0. The van der Waals surface area contributed by atoms with Crippen LogP contribution in [0.2, 0.25) is 0 Å². The Morgan fingerprint density at radius 1 is 1.03 bits per heavy atom. The second-order valence-corrected chi connectivity index (χ2v) is 10.2. The van der Waals surface area contributed by atoms with E-state index < -0.39 is 22.0 Å². The summed E-state index contributed by atoms with van der Waals surface area (Å²) in [5.41, 5.74) is 2.97. The predicted molar refractivity (Wildman–Crippen MR) is 123 cm³/mol. The van der Waals surface area contributed by atoms with E-state index in [1.165, 1.54) is 23.3 Å². The maximum Gasteiger partial charge on any atom is 0.321 e. The van der Waals surface area contributed by atoms with Crippen molar-refractivity contribution in [1.82, 2.24) is 4.72 Å². The molecule has 1 aromatic heterocycles. The molecule has 0 unspecified atom stereocenters. The van der Waals surface area contributed by atoms with Crippen LogP contribution >= 0.6 is 0 Å². The van der Waals surface area contributed by atoms with Crippen LogP contribution in [0.25, 0.3) is 11.0 Å². The van der Waals surface area contributed by atoms with Gasteiger partial charge >= 0.3 is 5.97 Å². The molecule has 0 saturated carbocycles. The van der Waals surface area contributed by atoms with Crippen LogP contribution in [-0.4, -0.2) is 25.5 Å². The smallest absolute Gasteiger partial charge is 0.321 e. The van der Waals surface area contributed by atoms with E-state index in [4.69, 9.17) is 4.42 Å². The average Bonchev–Trinajstić information content (AvgIpc) is 3.16. The van der Waals surface area contributed by atoms with Crippen LogP contribution < -0.4 is 4.72 Å². The summed E-state index contributed by atoms with van der Waals surface area (Å²) in [6.07, 6.45) is 7.58. The monoisotopic (exact) mass is 455 g/mol. The lowest BCUT2D eigenvalue weighted by Crippen LogP contribution is -2.40. The average molecular weight is 456 g/mol. The predicted octanol–water partition coefficient (Wildman–Crippen LogP) is 4.85. The second kappa shape index (κ2) is 9.88. The zero-order chi connectivity index (χ0) is 22.6. The lowest BCUT2D eigenvalue weighted by atomic mass is 9.96. The van der Waals surface area contributed by atoms with E-state index in [1.54, 1.807) is 6.07 Å². The van der Waals surface area contributed by atoms with Gasteiger partial charge in [0.25, 0.3) is 0 Å². The van der Waals surface area contributed by atoms with E-state index in [2.05, 4.69) is 16.9 Å². The summed E-state index contributed by atoms with van der Waals surface area (Å²) >= 11 is 0. The van der Waals surface area contributed by atoms with Crippen LogP contribution in [0, 0.1) is 0 Å². The van der Waals surface area contributed by atoms with E-state index in [9.17, 15) is 18.3 Å². The summed E-state index contributed by atoms with van der Waals surface area (Å²) in [6, 6.07) is 13.8. The van der Waals surface area contributed by atoms with Crippen LogP contribution in [0.5, 0.6) is 0 Å². The molecule has 1 aliphatic rings. The van der Waals surface area contributed by atoms with Gasteiger partial charge in [0.05, 0.1) is 4.90 Å². The fraction of sp³-hybridized carbons (Fsp3) is 0.400. The molecule has 2 aromatic carbocycles. The molecule has 0 aliphatic heterocycles. The second-order valence-electron chi connectivity index (χ2n) is 8.47. The quantitative estimate of drug-likeness (QED) is 0.426. The Morgan fingerprint density at radius 2 is 1.81 bits per heavy atom. The third-order valence-corrected chi connectivity index (χ3v) is 7.60. The van der Waals surface area contributed by atoms with Gasteiger partial charge in [-0.2, -0.15) is 4.72 Å². The number of benzene rings is 2. The molecule has 0 amide bonds. The van der Waals surface area contributed by atoms with Gasteiger partial charge in [-0.1, -0.05) is 43.2 Å². The third-order valence-electron chi connectivity index (χ3n) is 6.14. The highest BCUT2D eigenvalue weighted by molar-refractivity contribution is 7.89. The van der Waals surface area contributed by atoms with Crippen LogP contribution in [0.15, 0.2) is 57.8 Å². The number of carboxylic acids is 1. The minimum atomic E-state index is -3.97. The minimum Gasteiger partial charge on any atom is -0.480 e. The first-order valence-corrected chi connectivity index (χ1v) is 12.8. The molecule has 0 radical (unpaired) electrons.